The molecule has 1 aliphatic rings. The van der Waals surface area contributed by atoms with Crippen molar-refractivity contribution in [3.05, 3.63) is 0 Å². The van der Waals surface area contributed by atoms with Gasteiger partial charge in [0, 0.05) is 19.1 Å². The summed E-state index contributed by atoms with van der Waals surface area (Å²) in [6.45, 7) is 2.41. The lowest BCUT2D eigenvalue weighted by Gasteiger charge is -2.29. The van der Waals surface area contributed by atoms with E-state index in [2.05, 4.69) is 12.2 Å². The van der Waals surface area contributed by atoms with Gasteiger partial charge in [-0.3, -0.25) is 4.79 Å². The van der Waals surface area contributed by atoms with E-state index in [0.717, 1.165) is 19.3 Å². The van der Waals surface area contributed by atoms with Crippen molar-refractivity contribution in [1.82, 2.24) is 5.32 Å². The minimum Gasteiger partial charge on any atom is -0.396 e. The number of carbonyl (C=O) groups is 1. The monoisotopic (exact) mass is 213 g/mol. The van der Waals surface area contributed by atoms with Crippen LogP contribution in [-0.4, -0.2) is 23.7 Å². The number of hydrogen-bond donors (Lipinski definition) is 2. The third kappa shape index (κ3) is 4.65. The van der Waals surface area contributed by atoms with Crippen molar-refractivity contribution in [1.29, 1.82) is 0 Å². The summed E-state index contributed by atoms with van der Waals surface area (Å²) >= 11 is 0. The zero-order valence-corrected chi connectivity index (χ0v) is 9.67. The van der Waals surface area contributed by atoms with Crippen molar-refractivity contribution in [3.8, 4) is 0 Å². The number of unbranched alkanes of at least 4 members (excludes halogenated alkanes) is 1. The largest absolute Gasteiger partial charge is 0.396 e. The molecule has 1 amide bonds. The first-order chi connectivity index (χ1) is 7.24. The molecule has 2 unspecified atom stereocenters. The van der Waals surface area contributed by atoms with Gasteiger partial charge in [-0.2, -0.15) is 0 Å². The number of hydrogen-bond acceptors (Lipinski definition) is 2. The molecule has 0 bridgehead atoms. The van der Waals surface area contributed by atoms with Gasteiger partial charge in [0.2, 0.25) is 5.91 Å². The summed E-state index contributed by atoms with van der Waals surface area (Å²) in [5, 5.41) is 11.7. The molecule has 1 fully saturated rings. The topological polar surface area (TPSA) is 49.3 Å². The molecule has 2 atom stereocenters. The van der Waals surface area contributed by atoms with Gasteiger partial charge in [0.25, 0.3) is 0 Å². The fourth-order valence-electron chi connectivity index (χ4n) is 2.21. The lowest BCUT2D eigenvalue weighted by molar-refractivity contribution is -0.122. The van der Waals surface area contributed by atoms with Crippen LogP contribution in [-0.2, 0) is 4.79 Å². The van der Waals surface area contributed by atoms with Gasteiger partial charge in [-0.25, -0.2) is 0 Å². The molecule has 1 saturated carbocycles. The van der Waals surface area contributed by atoms with Crippen LogP contribution in [0.1, 0.15) is 51.9 Å². The maximum absolute atomic E-state index is 11.5. The minimum atomic E-state index is 0.155. The Balaban J connectivity index is 2.18. The average Bonchev–Trinajstić information content (AvgIpc) is 2.22. The van der Waals surface area contributed by atoms with Crippen LogP contribution in [0.15, 0.2) is 0 Å². The number of aliphatic hydroxyl groups excluding tert-OH is 1. The molecule has 3 heteroatoms. The maximum atomic E-state index is 11.5. The Morgan fingerprint density at radius 3 is 2.73 bits per heavy atom. The summed E-state index contributed by atoms with van der Waals surface area (Å²) < 4.78 is 0. The van der Waals surface area contributed by atoms with E-state index in [4.69, 9.17) is 5.11 Å². The molecule has 0 saturated heterocycles. The molecule has 88 valence electrons. The highest BCUT2D eigenvalue weighted by Crippen LogP contribution is 2.23. The van der Waals surface area contributed by atoms with Gasteiger partial charge >= 0.3 is 0 Å². The lowest BCUT2D eigenvalue weighted by Crippen LogP contribution is -2.40. The SMILES string of the molecule is CC1CCCCC1NC(=O)CCCCO. The van der Waals surface area contributed by atoms with E-state index in [1.807, 2.05) is 0 Å². The van der Waals surface area contributed by atoms with Crippen molar-refractivity contribution in [3.63, 3.8) is 0 Å². The van der Waals surface area contributed by atoms with Crippen LogP contribution in [0.2, 0.25) is 0 Å². The molecule has 0 aromatic heterocycles. The first-order valence-corrected chi connectivity index (χ1v) is 6.14. The quantitative estimate of drug-likeness (QED) is 0.685. The van der Waals surface area contributed by atoms with E-state index in [0.29, 0.717) is 18.4 Å². The highest BCUT2D eigenvalue weighted by atomic mass is 16.2. The molecule has 0 heterocycles. The van der Waals surface area contributed by atoms with E-state index in [-0.39, 0.29) is 12.5 Å². The molecular formula is C12H23NO2. The average molecular weight is 213 g/mol. The fraction of sp³-hybridized carbons (Fsp3) is 0.917. The highest BCUT2D eigenvalue weighted by Gasteiger charge is 2.22. The molecular weight excluding hydrogens is 190 g/mol. The first kappa shape index (κ1) is 12.5. The standard InChI is InChI=1S/C12H23NO2/c1-10-6-2-3-7-11(10)13-12(15)8-4-5-9-14/h10-11,14H,2-9H2,1H3,(H,13,15). The minimum absolute atomic E-state index is 0.155. The Morgan fingerprint density at radius 1 is 1.33 bits per heavy atom. The molecule has 1 rings (SSSR count). The Hall–Kier alpha value is -0.570. The third-order valence-corrected chi connectivity index (χ3v) is 3.27. The summed E-state index contributed by atoms with van der Waals surface area (Å²) in [4.78, 5) is 11.5. The Bertz CT molecular complexity index is 194. The Kier molecular flexibility index (Phi) is 5.69. The highest BCUT2D eigenvalue weighted by molar-refractivity contribution is 5.76. The zero-order valence-electron chi connectivity index (χ0n) is 9.67. The molecule has 0 radical (unpaired) electrons. The van der Waals surface area contributed by atoms with Gasteiger partial charge in [-0.15, -0.1) is 0 Å². The predicted octanol–water partition coefficient (Wildman–Crippen LogP) is 1.84. The number of rotatable bonds is 5. The predicted molar refractivity (Wildman–Crippen MR) is 60.5 cm³/mol. The molecule has 0 aromatic carbocycles. The second kappa shape index (κ2) is 6.83. The van der Waals surface area contributed by atoms with Gasteiger partial charge in [0.15, 0.2) is 0 Å². The summed E-state index contributed by atoms with van der Waals surface area (Å²) in [5.74, 6) is 0.780. The van der Waals surface area contributed by atoms with Crippen molar-refractivity contribution >= 4 is 5.91 Å². The summed E-state index contributed by atoms with van der Waals surface area (Å²) in [6.07, 6.45) is 7.00. The van der Waals surface area contributed by atoms with Crippen LogP contribution in [0.5, 0.6) is 0 Å². The van der Waals surface area contributed by atoms with E-state index < -0.39 is 0 Å². The number of amides is 1. The first-order valence-electron chi connectivity index (χ1n) is 6.14. The second-order valence-corrected chi connectivity index (χ2v) is 4.62. The maximum Gasteiger partial charge on any atom is 0.220 e. The molecule has 2 N–H and O–H groups in total. The summed E-state index contributed by atoms with van der Waals surface area (Å²) in [6, 6.07) is 0.389. The van der Waals surface area contributed by atoms with Gasteiger partial charge in [-0.1, -0.05) is 19.8 Å². The number of aliphatic hydroxyl groups is 1. The Labute approximate surface area is 92.3 Å². The van der Waals surface area contributed by atoms with Gasteiger partial charge in [0.1, 0.15) is 0 Å². The zero-order chi connectivity index (χ0) is 11.1. The van der Waals surface area contributed by atoms with Gasteiger partial charge in [0.05, 0.1) is 0 Å². The second-order valence-electron chi connectivity index (χ2n) is 4.62. The molecule has 3 nitrogen and oxygen atoms in total. The molecule has 1 aliphatic carbocycles. The smallest absolute Gasteiger partial charge is 0.220 e. The van der Waals surface area contributed by atoms with Crippen LogP contribution in [0, 0.1) is 5.92 Å². The molecule has 0 aromatic rings. The third-order valence-electron chi connectivity index (χ3n) is 3.27. The lowest BCUT2D eigenvalue weighted by atomic mass is 9.86. The van der Waals surface area contributed by atoms with Crippen LogP contribution < -0.4 is 5.32 Å². The van der Waals surface area contributed by atoms with Crippen LogP contribution >= 0.6 is 0 Å². The number of nitrogens with one attached hydrogen (secondary N) is 1. The van der Waals surface area contributed by atoms with Crippen molar-refractivity contribution in [2.24, 2.45) is 5.92 Å². The molecule has 0 spiro atoms. The van der Waals surface area contributed by atoms with Gasteiger partial charge < -0.3 is 10.4 Å². The van der Waals surface area contributed by atoms with Gasteiger partial charge in [-0.05, 0) is 31.6 Å². The van der Waals surface area contributed by atoms with Crippen molar-refractivity contribution in [2.45, 2.75) is 57.9 Å². The Morgan fingerprint density at radius 2 is 2.07 bits per heavy atom. The number of carbonyl (C=O) groups excluding carboxylic acids is 1. The molecule has 0 aliphatic heterocycles. The van der Waals surface area contributed by atoms with E-state index in [1.165, 1.54) is 19.3 Å². The van der Waals surface area contributed by atoms with E-state index in [1.54, 1.807) is 0 Å². The van der Waals surface area contributed by atoms with Crippen LogP contribution in [0.25, 0.3) is 0 Å². The molecule has 15 heavy (non-hydrogen) atoms. The van der Waals surface area contributed by atoms with Crippen molar-refractivity contribution in [2.75, 3.05) is 6.61 Å². The van der Waals surface area contributed by atoms with Crippen molar-refractivity contribution < 1.29 is 9.90 Å². The van der Waals surface area contributed by atoms with Crippen LogP contribution in [0.4, 0.5) is 0 Å². The fourth-order valence-corrected chi connectivity index (χ4v) is 2.21. The van der Waals surface area contributed by atoms with E-state index in [9.17, 15) is 4.79 Å². The van der Waals surface area contributed by atoms with Crippen LogP contribution in [0.3, 0.4) is 0 Å². The summed E-state index contributed by atoms with van der Waals surface area (Å²) in [5.41, 5.74) is 0. The normalized spacial score (nSPS) is 26.3. The van der Waals surface area contributed by atoms with E-state index >= 15 is 0 Å². The summed E-state index contributed by atoms with van der Waals surface area (Å²) in [7, 11) is 0.